The second kappa shape index (κ2) is 42.7. The van der Waals surface area contributed by atoms with Gasteiger partial charge in [0.1, 0.15) is 6.61 Å². The Labute approximate surface area is 372 Å². The van der Waals surface area contributed by atoms with Gasteiger partial charge in [-0.25, -0.2) is 4.79 Å². The van der Waals surface area contributed by atoms with Gasteiger partial charge in [-0.05, 0) is 96.3 Å². The molecule has 0 bridgehead atoms. The topological polar surface area (TPSA) is 99.1 Å². The fraction of sp³-hybridized carbons (Fsp3) is 0.604. The van der Waals surface area contributed by atoms with Crippen LogP contribution in [0.5, 0.6) is 0 Å². The van der Waals surface area contributed by atoms with Crippen molar-refractivity contribution >= 4 is 17.9 Å². The molecule has 344 valence electrons. The summed E-state index contributed by atoms with van der Waals surface area (Å²) < 4.78 is 17.2. The van der Waals surface area contributed by atoms with Crippen LogP contribution in [0.15, 0.2) is 109 Å². The smallest absolute Gasteiger partial charge is 0.362 e. The summed E-state index contributed by atoms with van der Waals surface area (Å²) >= 11 is 0. The minimum atomic E-state index is -0.889. The molecule has 0 aromatic carbocycles. The predicted molar refractivity (Wildman–Crippen MR) is 256 cm³/mol. The second-order valence-electron chi connectivity index (χ2n) is 16.2. The number of nitrogens with zero attached hydrogens (tertiary/aromatic N) is 1. The number of carboxylic acids is 1. The molecule has 61 heavy (non-hydrogen) atoms. The highest BCUT2D eigenvalue weighted by atomic mass is 16.6. The minimum Gasteiger partial charge on any atom is -0.477 e. The fourth-order valence-electron chi connectivity index (χ4n) is 6.11. The number of hydrogen-bond donors (Lipinski definition) is 1. The van der Waals surface area contributed by atoms with Crippen LogP contribution in [0.4, 0.5) is 0 Å². The maximum absolute atomic E-state index is 12.8. The normalized spacial score (nSPS) is 13.9. The number of carboxylic acid groups (broad SMARTS) is 1. The monoisotopic (exact) mass is 849 g/mol. The molecule has 2 unspecified atom stereocenters. The largest absolute Gasteiger partial charge is 0.477 e. The summed E-state index contributed by atoms with van der Waals surface area (Å²) in [6.07, 6.45) is 58.5. The average molecular weight is 849 g/mol. The van der Waals surface area contributed by atoms with Gasteiger partial charge < -0.3 is 23.8 Å². The van der Waals surface area contributed by atoms with Gasteiger partial charge in [0.15, 0.2) is 12.1 Å². The number of carbonyl (C=O) groups is 3. The standard InChI is InChI=1S/C53H85NO7/c1-6-8-10-12-14-16-18-20-22-24-25-26-27-28-30-32-34-36-38-40-42-44-52(56)61-49(47-59-46-45-50(53(57)58)54(3,4)5)48-60-51(55)43-41-39-37-35-33-31-29-23-21-19-17-15-13-11-9-7-2/h8-11,14-17,20-23,25-26,28,30,34,36,49-50H,6-7,12-13,18-19,24,27,29,31-33,35,37-48H2,1-5H3/p+1/b10-8+,11-9+,16-14+,17-15+,22-20+,23-21+,26-25+,30-28+,36-34+. The number of esters is 2. The Morgan fingerprint density at radius 3 is 1.31 bits per heavy atom. The van der Waals surface area contributed by atoms with E-state index in [0.717, 1.165) is 103 Å². The van der Waals surface area contributed by atoms with Crippen LogP contribution < -0.4 is 0 Å². The Bertz CT molecular complexity index is 1360. The molecule has 0 radical (unpaired) electrons. The third kappa shape index (κ3) is 41.1. The van der Waals surface area contributed by atoms with E-state index in [1.807, 2.05) is 21.1 Å². The lowest BCUT2D eigenvalue weighted by Crippen LogP contribution is -2.50. The predicted octanol–water partition coefficient (Wildman–Crippen LogP) is 13.2. The van der Waals surface area contributed by atoms with E-state index in [0.29, 0.717) is 19.3 Å². The number of likely N-dealkylation sites (N-methyl/N-ethyl adjacent to an activating group) is 1. The number of carbonyl (C=O) groups excluding carboxylic acids is 2. The van der Waals surface area contributed by atoms with Crippen LogP contribution >= 0.6 is 0 Å². The summed E-state index contributed by atoms with van der Waals surface area (Å²) in [5.41, 5.74) is 0. The van der Waals surface area contributed by atoms with Gasteiger partial charge in [-0.3, -0.25) is 9.59 Å². The summed E-state index contributed by atoms with van der Waals surface area (Å²) in [6.45, 7) is 4.43. The number of ether oxygens (including phenoxy) is 3. The van der Waals surface area contributed by atoms with E-state index in [9.17, 15) is 19.5 Å². The van der Waals surface area contributed by atoms with Crippen molar-refractivity contribution in [1.29, 1.82) is 0 Å². The summed E-state index contributed by atoms with van der Waals surface area (Å²) in [4.78, 5) is 37.1. The number of hydrogen-bond acceptors (Lipinski definition) is 6. The van der Waals surface area contributed by atoms with Crippen molar-refractivity contribution in [3.05, 3.63) is 109 Å². The van der Waals surface area contributed by atoms with Crippen molar-refractivity contribution in [3.63, 3.8) is 0 Å². The molecule has 1 N–H and O–H groups in total. The van der Waals surface area contributed by atoms with E-state index in [-0.39, 0.29) is 42.7 Å². The summed E-state index contributed by atoms with van der Waals surface area (Å²) in [6, 6.07) is -0.632. The molecule has 8 heteroatoms. The molecule has 0 aliphatic carbocycles. The van der Waals surface area contributed by atoms with Crippen molar-refractivity contribution in [2.24, 2.45) is 0 Å². The lowest BCUT2D eigenvalue weighted by Gasteiger charge is -2.31. The number of aliphatic carboxylic acids is 1. The zero-order valence-electron chi connectivity index (χ0n) is 39.1. The third-order valence-electron chi connectivity index (χ3n) is 9.67. The first-order valence-corrected chi connectivity index (χ1v) is 23.4. The molecule has 0 amide bonds. The maximum atomic E-state index is 12.8. The molecule has 0 rings (SSSR count). The highest BCUT2D eigenvalue weighted by Crippen LogP contribution is 2.12. The number of quaternary nitrogens is 1. The number of allylic oxidation sites excluding steroid dienone is 18. The van der Waals surface area contributed by atoms with E-state index in [1.165, 1.54) is 12.8 Å². The first-order valence-electron chi connectivity index (χ1n) is 23.4. The molecule has 0 heterocycles. The zero-order valence-corrected chi connectivity index (χ0v) is 39.1. The fourth-order valence-corrected chi connectivity index (χ4v) is 6.11. The van der Waals surface area contributed by atoms with Gasteiger partial charge >= 0.3 is 17.9 Å². The van der Waals surface area contributed by atoms with E-state index in [4.69, 9.17) is 14.2 Å². The molecule has 0 aromatic heterocycles. The van der Waals surface area contributed by atoms with Gasteiger partial charge in [-0.15, -0.1) is 0 Å². The second-order valence-corrected chi connectivity index (χ2v) is 16.2. The van der Waals surface area contributed by atoms with Crippen LogP contribution in [0.3, 0.4) is 0 Å². The molecule has 0 aliphatic rings. The Balaban J connectivity index is 4.45. The quantitative estimate of drug-likeness (QED) is 0.0284. The van der Waals surface area contributed by atoms with Crippen molar-refractivity contribution in [1.82, 2.24) is 0 Å². The molecule has 8 nitrogen and oxygen atoms in total. The maximum Gasteiger partial charge on any atom is 0.362 e. The Kier molecular flexibility index (Phi) is 39.9. The van der Waals surface area contributed by atoms with Gasteiger partial charge in [0, 0.05) is 19.3 Å². The first kappa shape index (κ1) is 57.0. The third-order valence-corrected chi connectivity index (χ3v) is 9.67. The molecule has 0 fully saturated rings. The Morgan fingerprint density at radius 1 is 0.492 bits per heavy atom. The van der Waals surface area contributed by atoms with E-state index in [1.54, 1.807) is 0 Å². The minimum absolute atomic E-state index is 0.0313. The van der Waals surface area contributed by atoms with Crippen LogP contribution in [-0.2, 0) is 28.6 Å². The van der Waals surface area contributed by atoms with Crippen molar-refractivity contribution in [2.75, 3.05) is 41.0 Å². The zero-order chi connectivity index (χ0) is 44.9. The number of unbranched alkanes of at least 4 members (excludes halogenated alkanes) is 8. The van der Waals surface area contributed by atoms with Gasteiger partial charge in [0.05, 0.1) is 34.4 Å². The van der Waals surface area contributed by atoms with E-state index < -0.39 is 18.1 Å². The average Bonchev–Trinajstić information content (AvgIpc) is 3.22. The summed E-state index contributed by atoms with van der Waals surface area (Å²) in [5.74, 6) is -1.56. The van der Waals surface area contributed by atoms with Crippen LogP contribution in [0, 0.1) is 0 Å². The van der Waals surface area contributed by atoms with E-state index >= 15 is 0 Å². The van der Waals surface area contributed by atoms with Crippen LogP contribution in [-0.4, -0.2) is 80.6 Å². The first-order chi connectivity index (χ1) is 29.6. The highest BCUT2D eigenvalue weighted by Gasteiger charge is 2.31. The van der Waals surface area contributed by atoms with Gasteiger partial charge in [0.25, 0.3) is 0 Å². The molecule has 0 aliphatic heterocycles. The Hall–Kier alpha value is -4.01. The molecular formula is C53H86NO7+. The molecule has 0 saturated carbocycles. The van der Waals surface area contributed by atoms with Crippen molar-refractivity contribution < 1.29 is 38.2 Å². The Morgan fingerprint density at radius 2 is 0.869 bits per heavy atom. The molecule has 0 saturated heterocycles. The van der Waals surface area contributed by atoms with Crippen LogP contribution in [0.1, 0.15) is 155 Å². The van der Waals surface area contributed by atoms with Crippen LogP contribution in [0.25, 0.3) is 0 Å². The highest BCUT2D eigenvalue weighted by molar-refractivity contribution is 5.72. The summed E-state index contributed by atoms with van der Waals surface area (Å²) in [5, 5.41) is 9.64. The van der Waals surface area contributed by atoms with Crippen molar-refractivity contribution in [3.8, 4) is 0 Å². The lowest BCUT2D eigenvalue weighted by atomic mass is 10.1. The number of rotatable bonds is 40. The molecule has 0 aromatic rings. The molecular weight excluding hydrogens is 763 g/mol. The van der Waals surface area contributed by atoms with Gasteiger partial charge in [-0.1, -0.05) is 149 Å². The molecule has 2 atom stereocenters. The van der Waals surface area contributed by atoms with Gasteiger partial charge in [-0.2, -0.15) is 0 Å². The van der Waals surface area contributed by atoms with Gasteiger partial charge in [0.2, 0.25) is 0 Å². The molecule has 0 spiro atoms. The SMILES string of the molecule is CC/C=C/C/C=C/C/C=C/C/C=C/C/C=C/C/C=C/CCCCC(=O)OC(COCCC(C(=O)O)[N+](C)(C)C)COC(=O)CCCCCCCC/C=C/C/C=C/C/C=C/CC. The summed E-state index contributed by atoms with van der Waals surface area (Å²) in [7, 11) is 5.50. The lowest BCUT2D eigenvalue weighted by molar-refractivity contribution is -0.887. The van der Waals surface area contributed by atoms with Crippen LogP contribution in [0.2, 0.25) is 0 Å². The van der Waals surface area contributed by atoms with Crippen molar-refractivity contribution in [2.45, 2.75) is 167 Å². The van der Waals surface area contributed by atoms with E-state index in [2.05, 4.69) is 123 Å².